The van der Waals surface area contributed by atoms with Crippen molar-refractivity contribution < 1.29 is 18.4 Å². The average molecular weight is 312 g/mol. The highest BCUT2D eigenvalue weighted by molar-refractivity contribution is 5.98. The van der Waals surface area contributed by atoms with E-state index in [-0.39, 0.29) is 17.5 Å². The van der Waals surface area contributed by atoms with Gasteiger partial charge in [0.25, 0.3) is 0 Å². The zero-order valence-corrected chi connectivity index (χ0v) is 13.4. The number of hydrogen-bond acceptors (Lipinski definition) is 4. The van der Waals surface area contributed by atoms with E-state index in [0.29, 0.717) is 24.8 Å². The first-order valence-corrected chi connectivity index (χ1v) is 8.00. The molecule has 3 aromatic rings. The van der Waals surface area contributed by atoms with E-state index < -0.39 is 0 Å². The lowest BCUT2D eigenvalue weighted by Gasteiger charge is -2.12. The smallest absolute Gasteiger partial charge is 0.137 e. The van der Waals surface area contributed by atoms with Crippen LogP contribution in [0.2, 0.25) is 0 Å². The van der Waals surface area contributed by atoms with Crippen LogP contribution in [0, 0.1) is 0 Å². The Morgan fingerprint density at radius 1 is 1.13 bits per heavy atom. The molecule has 0 aliphatic heterocycles. The van der Waals surface area contributed by atoms with Crippen molar-refractivity contribution in [2.75, 3.05) is 0 Å². The molecular formula is C19H20O4. The second kappa shape index (κ2) is 6.41. The lowest BCUT2D eigenvalue weighted by atomic mass is 9.89. The quantitative estimate of drug-likeness (QED) is 0.616. The molecule has 0 saturated carbocycles. The average Bonchev–Trinajstić information content (AvgIpc) is 3.11. The number of ketones is 2. The van der Waals surface area contributed by atoms with Gasteiger partial charge in [-0.05, 0) is 31.9 Å². The van der Waals surface area contributed by atoms with E-state index in [2.05, 4.69) is 0 Å². The van der Waals surface area contributed by atoms with Crippen LogP contribution in [-0.4, -0.2) is 11.6 Å². The third kappa shape index (κ3) is 3.07. The number of benzene rings is 1. The maximum absolute atomic E-state index is 12.1. The van der Waals surface area contributed by atoms with Crippen LogP contribution in [0.25, 0.3) is 21.9 Å². The molecule has 3 rings (SSSR count). The molecule has 2 heterocycles. The molecular weight excluding hydrogens is 292 g/mol. The van der Waals surface area contributed by atoms with E-state index in [9.17, 15) is 9.59 Å². The molecule has 4 nitrogen and oxygen atoms in total. The summed E-state index contributed by atoms with van der Waals surface area (Å²) in [6.07, 6.45) is 5.66. The van der Waals surface area contributed by atoms with Gasteiger partial charge in [0.15, 0.2) is 0 Å². The predicted molar refractivity (Wildman–Crippen MR) is 88.6 cm³/mol. The fraction of sp³-hybridized carbons (Fsp3) is 0.368. The van der Waals surface area contributed by atoms with E-state index >= 15 is 0 Å². The second-order valence-corrected chi connectivity index (χ2v) is 5.99. The highest BCUT2D eigenvalue weighted by atomic mass is 16.3. The summed E-state index contributed by atoms with van der Waals surface area (Å²) in [7, 11) is 0. The lowest BCUT2D eigenvalue weighted by molar-refractivity contribution is -0.120. The second-order valence-electron chi connectivity index (χ2n) is 5.99. The Hall–Kier alpha value is -2.36. The Labute approximate surface area is 134 Å². The third-order valence-corrected chi connectivity index (χ3v) is 4.29. The summed E-state index contributed by atoms with van der Waals surface area (Å²) >= 11 is 0. The summed E-state index contributed by atoms with van der Waals surface area (Å²) in [5.41, 5.74) is 2.32. The number of rotatable bonds is 7. The van der Waals surface area contributed by atoms with Crippen LogP contribution >= 0.6 is 0 Å². The first-order valence-electron chi connectivity index (χ1n) is 8.00. The molecule has 0 fully saturated rings. The van der Waals surface area contributed by atoms with Crippen LogP contribution in [0.15, 0.2) is 39.6 Å². The summed E-state index contributed by atoms with van der Waals surface area (Å²) in [6, 6.07) is 5.71. The highest BCUT2D eigenvalue weighted by Gasteiger charge is 2.23. The monoisotopic (exact) mass is 312 g/mol. The summed E-state index contributed by atoms with van der Waals surface area (Å²) in [6.45, 7) is 3.56. The normalized spacial score (nSPS) is 12.8. The SMILES string of the molecule is CCCC(=O)CCC(C(C)=O)c1coc2cc3occc3cc12. The number of hydrogen-bond donors (Lipinski definition) is 0. The van der Waals surface area contributed by atoms with Crippen LogP contribution < -0.4 is 0 Å². The standard InChI is InChI=1S/C19H20O4/c1-3-4-14(21)5-6-15(12(2)20)17-11-23-19-10-18-13(7-8-22-18)9-16(17)19/h7-11,15H,3-6H2,1-2H3. The van der Waals surface area contributed by atoms with Gasteiger partial charge in [-0.15, -0.1) is 0 Å². The Morgan fingerprint density at radius 3 is 2.70 bits per heavy atom. The zero-order valence-electron chi connectivity index (χ0n) is 13.4. The molecule has 1 atom stereocenters. The molecule has 0 N–H and O–H groups in total. The van der Waals surface area contributed by atoms with Gasteiger partial charge in [-0.3, -0.25) is 9.59 Å². The van der Waals surface area contributed by atoms with Crippen LogP contribution in [0.1, 0.15) is 51.0 Å². The molecule has 0 spiro atoms. The summed E-state index contributed by atoms with van der Waals surface area (Å²) < 4.78 is 11.0. The molecule has 23 heavy (non-hydrogen) atoms. The van der Waals surface area contributed by atoms with E-state index in [1.54, 1.807) is 19.5 Å². The molecule has 4 heteroatoms. The van der Waals surface area contributed by atoms with E-state index in [1.807, 2.05) is 25.1 Å². The van der Waals surface area contributed by atoms with Gasteiger partial charge in [0.1, 0.15) is 22.7 Å². The largest absolute Gasteiger partial charge is 0.464 e. The molecule has 1 unspecified atom stereocenters. The summed E-state index contributed by atoms with van der Waals surface area (Å²) in [5.74, 6) is -0.0329. The van der Waals surface area contributed by atoms with Gasteiger partial charge in [0, 0.05) is 41.2 Å². The fourth-order valence-electron chi connectivity index (χ4n) is 3.06. The van der Waals surface area contributed by atoms with Crippen molar-refractivity contribution in [2.45, 2.75) is 45.4 Å². The Morgan fingerprint density at radius 2 is 1.96 bits per heavy atom. The Balaban J connectivity index is 1.94. The third-order valence-electron chi connectivity index (χ3n) is 4.29. The predicted octanol–water partition coefficient (Wildman–Crippen LogP) is 5.00. The maximum atomic E-state index is 12.1. The van der Waals surface area contributed by atoms with Gasteiger partial charge in [-0.1, -0.05) is 6.92 Å². The first kappa shape index (κ1) is 15.5. The molecule has 0 aliphatic carbocycles. The molecule has 120 valence electrons. The van der Waals surface area contributed by atoms with Gasteiger partial charge in [-0.25, -0.2) is 0 Å². The maximum Gasteiger partial charge on any atom is 0.137 e. The minimum atomic E-state index is -0.304. The van der Waals surface area contributed by atoms with E-state index in [4.69, 9.17) is 8.83 Å². The number of carbonyl (C=O) groups excluding carboxylic acids is 2. The van der Waals surface area contributed by atoms with Crippen molar-refractivity contribution >= 4 is 33.5 Å². The van der Waals surface area contributed by atoms with Gasteiger partial charge >= 0.3 is 0 Å². The molecule has 0 radical (unpaired) electrons. The number of fused-ring (bicyclic) bond motifs is 2. The van der Waals surface area contributed by atoms with Crippen LogP contribution in [0.4, 0.5) is 0 Å². The molecule has 0 bridgehead atoms. The fourth-order valence-corrected chi connectivity index (χ4v) is 3.06. The molecule has 0 aliphatic rings. The van der Waals surface area contributed by atoms with Crippen molar-refractivity contribution in [1.82, 2.24) is 0 Å². The van der Waals surface area contributed by atoms with E-state index in [0.717, 1.165) is 28.3 Å². The zero-order chi connectivity index (χ0) is 16.4. The number of Topliss-reactive ketones (excluding diaryl/α,β-unsaturated/α-hetero) is 2. The topological polar surface area (TPSA) is 60.4 Å². The van der Waals surface area contributed by atoms with Gasteiger partial charge in [0.05, 0.1) is 12.5 Å². The van der Waals surface area contributed by atoms with Gasteiger partial charge in [0.2, 0.25) is 0 Å². The molecule has 0 saturated heterocycles. The van der Waals surface area contributed by atoms with Gasteiger partial charge in [-0.2, -0.15) is 0 Å². The first-order chi connectivity index (χ1) is 11.1. The van der Waals surface area contributed by atoms with Crippen LogP contribution in [0.3, 0.4) is 0 Å². The van der Waals surface area contributed by atoms with Crippen molar-refractivity contribution in [3.8, 4) is 0 Å². The molecule has 1 aromatic carbocycles. The minimum Gasteiger partial charge on any atom is -0.464 e. The molecule has 2 aromatic heterocycles. The van der Waals surface area contributed by atoms with Crippen LogP contribution in [0.5, 0.6) is 0 Å². The Kier molecular flexibility index (Phi) is 4.33. The van der Waals surface area contributed by atoms with Crippen molar-refractivity contribution in [3.63, 3.8) is 0 Å². The van der Waals surface area contributed by atoms with Gasteiger partial charge < -0.3 is 8.83 Å². The highest BCUT2D eigenvalue weighted by Crippen LogP contribution is 2.34. The number of carbonyl (C=O) groups is 2. The lowest BCUT2D eigenvalue weighted by Crippen LogP contribution is -2.11. The van der Waals surface area contributed by atoms with Crippen LogP contribution in [-0.2, 0) is 9.59 Å². The van der Waals surface area contributed by atoms with E-state index in [1.165, 1.54) is 0 Å². The number of furan rings is 2. The van der Waals surface area contributed by atoms with Crippen molar-refractivity contribution in [1.29, 1.82) is 0 Å². The van der Waals surface area contributed by atoms with Crippen molar-refractivity contribution in [2.24, 2.45) is 0 Å². The van der Waals surface area contributed by atoms with Crippen molar-refractivity contribution in [3.05, 3.63) is 36.3 Å². The minimum absolute atomic E-state index is 0.0595. The molecule has 0 amide bonds. The summed E-state index contributed by atoms with van der Waals surface area (Å²) in [4.78, 5) is 23.9. The Bertz CT molecular complexity index is 853. The summed E-state index contributed by atoms with van der Waals surface area (Å²) in [5, 5.41) is 1.89.